The van der Waals surface area contributed by atoms with Gasteiger partial charge in [0.25, 0.3) is 0 Å². The van der Waals surface area contributed by atoms with Crippen LogP contribution >= 0.6 is 0 Å². The normalized spacial score (nSPS) is 36.0. The van der Waals surface area contributed by atoms with Crippen molar-refractivity contribution in [1.29, 1.82) is 0 Å². The second-order valence-corrected chi connectivity index (χ2v) is 7.50. The third kappa shape index (κ3) is 2.03. The van der Waals surface area contributed by atoms with Gasteiger partial charge in [-0.3, -0.25) is 4.68 Å². The van der Waals surface area contributed by atoms with E-state index in [1.807, 2.05) is 17.9 Å². The molecule has 3 atom stereocenters. The predicted molar refractivity (Wildman–Crippen MR) is 77.9 cm³/mol. The molecule has 3 rings (SSSR count). The second kappa shape index (κ2) is 4.34. The number of hydrogen-bond donors (Lipinski definition) is 1. The van der Waals surface area contributed by atoms with Crippen LogP contribution < -0.4 is 5.32 Å². The molecule has 2 fully saturated rings. The quantitative estimate of drug-likeness (QED) is 0.903. The summed E-state index contributed by atoms with van der Waals surface area (Å²) < 4.78 is 1.98. The average molecular weight is 261 g/mol. The van der Waals surface area contributed by atoms with E-state index in [2.05, 4.69) is 37.3 Å². The van der Waals surface area contributed by atoms with Crippen molar-refractivity contribution in [2.75, 3.05) is 6.54 Å². The lowest BCUT2D eigenvalue weighted by molar-refractivity contribution is 0.110. The van der Waals surface area contributed by atoms with Gasteiger partial charge in [0, 0.05) is 37.9 Å². The van der Waals surface area contributed by atoms with Crippen molar-refractivity contribution in [3.8, 4) is 0 Å². The van der Waals surface area contributed by atoms with Crippen LogP contribution in [-0.2, 0) is 13.5 Å². The highest BCUT2D eigenvalue weighted by Crippen LogP contribution is 2.62. The Labute approximate surface area is 116 Å². The zero-order valence-electron chi connectivity index (χ0n) is 12.7. The Kier molecular flexibility index (Phi) is 3.01. The van der Waals surface area contributed by atoms with Gasteiger partial charge in [-0.1, -0.05) is 20.8 Å². The topological polar surface area (TPSA) is 29.9 Å². The highest BCUT2D eigenvalue weighted by atomic mass is 15.3. The van der Waals surface area contributed by atoms with Crippen molar-refractivity contribution in [2.24, 2.45) is 23.8 Å². The van der Waals surface area contributed by atoms with E-state index in [0.29, 0.717) is 16.9 Å². The molecule has 1 unspecified atom stereocenters. The van der Waals surface area contributed by atoms with Crippen LogP contribution in [0.3, 0.4) is 0 Å². The van der Waals surface area contributed by atoms with Crippen LogP contribution in [0.25, 0.3) is 0 Å². The van der Waals surface area contributed by atoms with Crippen LogP contribution in [0, 0.1) is 16.7 Å². The number of rotatable bonds is 4. The molecule has 1 aromatic heterocycles. The van der Waals surface area contributed by atoms with Crippen LogP contribution in [0.1, 0.15) is 45.7 Å². The first kappa shape index (κ1) is 13.2. The molecule has 1 aromatic rings. The molecule has 2 bridgehead atoms. The van der Waals surface area contributed by atoms with E-state index in [0.717, 1.165) is 18.9 Å². The Hall–Kier alpha value is -0.830. The molecule has 106 valence electrons. The Morgan fingerprint density at radius 2 is 2.21 bits per heavy atom. The Balaban J connectivity index is 1.62. The van der Waals surface area contributed by atoms with Gasteiger partial charge in [-0.2, -0.15) is 5.10 Å². The minimum Gasteiger partial charge on any atom is -0.313 e. The first-order chi connectivity index (χ1) is 8.93. The maximum absolute atomic E-state index is 4.24. The summed E-state index contributed by atoms with van der Waals surface area (Å²) in [7, 11) is 2.03. The lowest BCUT2D eigenvalue weighted by Crippen LogP contribution is -2.50. The number of nitrogens with zero attached hydrogens (tertiary/aromatic N) is 2. The minimum absolute atomic E-state index is 0.458. The fourth-order valence-electron chi connectivity index (χ4n) is 4.80. The van der Waals surface area contributed by atoms with E-state index in [1.165, 1.54) is 25.0 Å². The maximum atomic E-state index is 4.24. The summed E-state index contributed by atoms with van der Waals surface area (Å²) in [4.78, 5) is 0. The fraction of sp³-hybridized carbons (Fsp3) is 0.812. The van der Waals surface area contributed by atoms with Gasteiger partial charge in [-0.15, -0.1) is 0 Å². The van der Waals surface area contributed by atoms with Gasteiger partial charge in [-0.05, 0) is 42.1 Å². The Morgan fingerprint density at radius 3 is 2.79 bits per heavy atom. The zero-order valence-corrected chi connectivity index (χ0v) is 12.7. The van der Waals surface area contributed by atoms with Crippen LogP contribution in [0.2, 0.25) is 0 Å². The number of nitrogens with one attached hydrogen (secondary N) is 1. The van der Waals surface area contributed by atoms with Crippen LogP contribution in [-0.4, -0.2) is 22.4 Å². The summed E-state index contributed by atoms with van der Waals surface area (Å²) in [6.45, 7) is 8.48. The van der Waals surface area contributed by atoms with Gasteiger partial charge in [0.05, 0.1) is 0 Å². The van der Waals surface area contributed by atoms with E-state index in [4.69, 9.17) is 0 Å². The van der Waals surface area contributed by atoms with Crippen molar-refractivity contribution < 1.29 is 0 Å². The molecule has 0 amide bonds. The van der Waals surface area contributed by atoms with E-state index >= 15 is 0 Å². The van der Waals surface area contributed by atoms with E-state index in [1.54, 1.807) is 0 Å². The maximum Gasteiger partial charge on any atom is 0.0492 e. The SMILES string of the molecule is Cn1nccc1CCNC1C(C)(C)[C@H]2CC[C@]1(C)C2. The molecule has 0 radical (unpaired) electrons. The zero-order chi connectivity index (χ0) is 13.7. The smallest absolute Gasteiger partial charge is 0.0492 e. The first-order valence-corrected chi connectivity index (χ1v) is 7.64. The summed E-state index contributed by atoms with van der Waals surface area (Å²) in [5.74, 6) is 0.923. The van der Waals surface area contributed by atoms with Gasteiger partial charge in [0.15, 0.2) is 0 Å². The Morgan fingerprint density at radius 1 is 1.42 bits per heavy atom. The summed E-state index contributed by atoms with van der Waals surface area (Å²) in [6, 6.07) is 2.79. The van der Waals surface area contributed by atoms with Gasteiger partial charge in [0.1, 0.15) is 0 Å². The highest BCUT2D eigenvalue weighted by molar-refractivity contribution is 5.12. The van der Waals surface area contributed by atoms with Crippen LogP contribution in [0.15, 0.2) is 12.3 Å². The molecule has 2 aliphatic rings. The van der Waals surface area contributed by atoms with E-state index < -0.39 is 0 Å². The summed E-state index contributed by atoms with van der Waals surface area (Å²) in [6.07, 6.45) is 7.22. The first-order valence-electron chi connectivity index (χ1n) is 7.64. The summed E-state index contributed by atoms with van der Waals surface area (Å²) in [5.41, 5.74) is 2.30. The standard InChI is InChI=1S/C16H27N3/c1-15(2)12-5-8-16(3,11-12)14(15)17-9-6-13-7-10-18-19(13)4/h7,10,12,14,17H,5-6,8-9,11H2,1-4H3/t12-,14?,16+/m0/s1. The van der Waals surface area contributed by atoms with Crippen molar-refractivity contribution in [1.82, 2.24) is 15.1 Å². The Bertz CT molecular complexity index is 458. The van der Waals surface area contributed by atoms with E-state index in [-0.39, 0.29) is 0 Å². The molecule has 0 spiro atoms. The van der Waals surface area contributed by atoms with Gasteiger partial charge >= 0.3 is 0 Å². The summed E-state index contributed by atoms with van der Waals surface area (Å²) in [5, 5.41) is 8.10. The molecule has 3 nitrogen and oxygen atoms in total. The summed E-state index contributed by atoms with van der Waals surface area (Å²) >= 11 is 0. The lowest BCUT2D eigenvalue weighted by Gasteiger charge is -2.43. The average Bonchev–Trinajstić information content (AvgIpc) is 2.95. The molecule has 0 aliphatic heterocycles. The molecule has 2 aliphatic carbocycles. The number of fused-ring (bicyclic) bond motifs is 2. The van der Waals surface area contributed by atoms with Crippen molar-refractivity contribution in [3.63, 3.8) is 0 Å². The second-order valence-electron chi connectivity index (χ2n) is 7.50. The van der Waals surface area contributed by atoms with Crippen LogP contribution in [0.5, 0.6) is 0 Å². The minimum atomic E-state index is 0.458. The van der Waals surface area contributed by atoms with Crippen molar-refractivity contribution in [2.45, 2.75) is 52.5 Å². The van der Waals surface area contributed by atoms with Crippen LogP contribution in [0.4, 0.5) is 0 Å². The third-order valence-corrected chi connectivity index (χ3v) is 5.92. The number of aryl methyl sites for hydroxylation is 1. The monoisotopic (exact) mass is 261 g/mol. The van der Waals surface area contributed by atoms with Crippen molar-refractivity contribution in [3.05, 3.63) is 18.0 Å². The molecule has 1 heterocycles. The molecular weight excluding hydrogens is 234 g/mol. The van der Waals surface area contributed by atoms with Crippen molar-refractivity contribution >= 4 is 0 Å². The number of hydrogen-bond acceptors (Lipinski definition) is 2. The molecule has 3 heteroatoms. The van der Waals surface area contributed by atoms with Gasteiger partial charge < -0.3 is 5.32 Å². The third-order valence-electron chi connectivity index (χ3n) is 5.92. The van der Waals surface area contributed by atoms with Gasteiger partial charge in [-0.25, -0.2) is 0 Å². The molecule has 2 saturated carbocycles. The molecule has 0 saturated heterocycles. The van der Waals surface area contributed by atoms with E-state index in [9.17, 15) is 0 Å². The molecule has 0 aromatic carbocycles. The molecule has 1 N–H and O–H groups in total. The highest BCUT2D eigenvalue weighted by Gasteiger charge is 2.58. The fourth-order valence-corrected chi connectivity index (χ4v) is 4.80. The molecule has 19 heavy (non-hydrogen) atoms. The van der Waals surface area contributed by atoms with Gasteiger partial charge in [0.2, 0.25) is 0 Å². The lowest BCUT2D eigenvalue weighted by atomic mass is 9.68. The largest absolute Gasteiger partial charge is 0.313 e. The molecular formula is C16H27N3. The number of aromatic nitrogens is 2. The predicted octanol–water partition coefficient (Wildman–Crippen LogP) is 2.77.